The van der Waals surface area contributed by atoms with Gasteiger partial charge in [0.2, 0.25) is 0 Å². The van der Waals surface area contributed by atoms with Crippen LogP contribution in [0, 0.1) is 16.7 Å². The molecule has 0 amide bonds. The molecule has 0 N–H and O–H groups in total. The van der Waals surface area contributed by atoms with Crippen LogP contribution in [0.15, 0.2) is 24.3 Å². The third kappa shape index (κ3) is 3.77. The van der Waals surface area contributed by atoms with Gasteiger partial charge in [0.15, 0.2) is 0 Å². The minimum Gasteiger partial charge on any atom is -0.494 e. The molecule has 1 rings (SSSR count). The third-order valence-electron chi connectivity index (χ3n) is 3.75. The van der Waals surface area contributed by atoms with Crippen molar-refractivity contribution in [1.29, 1.82) is 5.26 Å². The maximum Gasteiger partial charge on any atom is 0.119 e. The van der Waals surface area contributed by atoms with Gasteiger partial charge in [-0.2, -0.15) is 5.26 Å². The topological polar surface area (TPSA) is 33.0 Å². The van der Waals surface area contributed by atoms with Gasteiger partial charge in [-0.1, -0.05) is 32.9 Å². The van der Waals surface area contributed by atoms with Crippen molar-refractivity contribution in [3.63, 3.8) is 0 Å². The Morgan fingerprint density at radius 1 is 1.22 bits per heavy atom. The van der Waals surface area contributed by atoms with E-state index in [2.05, 4.69) is 39.0 Å². The molecule has 18 heavy (non-hydrogen) atoms. The van der Waals surface area contributed by atoms with E-state index >= 15 is 0 Å². The average molecular weight is 245 g/mol. The summed E-state index contributed by atoms with van der Waals surface area (Å²) in [6, 6.07) is 10.6. The van der Waals surface area contributed by atoms with Crippen molar-refractivity contribution < 1.29 is 4.74 Å². The second-order valence-electron chi connectivity index (χ2n) is 4.70. The van der Waals surface area contributed by atoms with Gasteiger partial charge in [0.1, 0.15) is 5.75 Å². The molecule has 0 aliphatic heterocycles. The summed E-state index contributed by atoms with van der Waals surface area (Å²) in [6.45, 7) is 6.89. The number of aryl methyl sites for hydroxylation is 1. The van der Waals surface area contributed by atoms with E-state index in [-0.39, 0.29) is 5.41 Å². The zero-order chi connectivity index (χ0) is 13.4. The van der Waals surface area contributed by atoms with Crippen molar-refractivity contribution >= 4 is 0 Å². The van der Waals surface area contributed by atoms with Crippen LogP contribution in [-0.4, -0.2) is 6.61 Å². The van der Waals surface area contributed by atoms with Gasteiger partial charge >= 0.3 is 0 Å². The number of hydrogen-bond donors (Lipinski definition) is 0. The fraction of sp³-hybridized carbons (Fsp3) is 0.562. The van der Waals surface area contributed by atoms with Crippen LogP contribution in [0.4, 0.5) is 0 Å². The van der Waals surface area contributed by atoms with E-state index in [4.69, 9.17) is 4.74 Å². The van der Waals surface area contributed by atoms with Crippen molar-refractivity contribution in [2.45, 2.75) is 46.5 Å². The van der Waals surface area contributed by atoms with E-state index in [9.17, 15) is 5.26 Å². The lowest BCUT2D eigenvalue weighted by molar-refractivity contribution is 0.231. The van der Waals surface area contributed by atoms with Crippen LogP contribution in [0.1, 0.15) is 45.6 Å². The average Bonchev–Trinajstić information content (AvgIpc) is 2.44. The van der Waals surface area contributed by atoms with Gasteiger partial charge < -0.3 is 4.74 Å². The Morgan fingerprint density at radius 2 is 1.94 bits per heavy atom. The molecule has 2 nitrogen and oxygen atoms in total. The Labute approximate surface area is 111 Å². The molecule has 2 heteroatoms. The Hall–Kier alpha value is -1.49. The minimum absolute atomic E-state index is 0.220. The first-order valence-electron chi connectivity index (χ1n) is 6.82. The van der Waals surface area contributed by atoms with Crippen molar-refractivity contribution in [1.82, 2.24) is 0 Å². The molecule has 0 spiro atoms. The molecule has 0 saturated heterocycles. The number of ether oxygens (including phenoxy) is 1. The zero-order valence-electron chi connectivity index (χ0n) is 11.7. The number of benzene rings is 1. The molecule has 0 aromatic heterocycles. The predicted molar refractivity (Wildman–Crippen MR) is 74.6 cm³/mol. The van der Waals surface area contributed by atoms with Crippen LogP contribution in [0.3, 0.4) is 0 Å². The van der Waals surface area contributed by atoms with Gasteiger partial charge in [0.25, 0.3) is 0 Å². The molecule has 0 atom stereocenters. The molecule has 1 aromatic carbocycles. The zero-order valence-corrected chi connectivity index (χ0v) is 11.7. The van der Waals surface area contributed by atoms with Gasteiger partial charge in [-0.3, -0.25) is 0 Å². The lowest BCUT2D eigenvalue weighted by Crippen LogP contribution is -2.19. The van der Waals surface area contributed by atoms with Crippen LogP contribution in [-0.2, 0) is 6.42 Å². The second kappa shape index (κ2) is 7.06. The van der Waals surface area contributed by atoms with Gasteiger partial charge in [-0.05, 0) is 37.0 Å². The maximum atomic E-state index is 9.25. The van der Waals surface area contributed by atoms with Crippen molar-refractivity contribution in [2.75, 3.05) is 6.61 Å². The Morgan fingerprint density at radius 3 is 2.50 bits per heavy atom. The summed E-state index contributed by atoms with van der Waals surface area (Å²) in [5, 5.41) is 9.25. The Kier molecular flexibility index (Phi) is 5.71. The summed E-state index contributed by atoms with van der Waals surface area (Å²) in [7, 11) is 0. The normalized spacial score (nSPS) is 11.0. The smallest absolute Gasteiger partial charge is 0.119 e. The quantitative estimate of drug-likeness (QED) is 0.715. The second-order valence-corrected chi connectivity index (χ2v) is 4.70. The molecule has 0 fully saturated rings. The highest BCUT2D eigenvalue weighted by Gasteiger charge is 2.25. The maximum absolute atomic E-state index is 9.25. The standard InChI is InChI=1S/C16H23NO/c1-4-14-8-7-9-15(12-14)18-11-10-16(5-2,6-3)13-17/h7-9,12H,4-6,10-11H2,1-3H3. The lowest BCUT2D eigenvalue weighted by Gasteiger charge is -2.23. The summed E-state index contributed by atoms with van der Waals surface area (Å²) in [4.78, 5) is 0. The molecular formula is C16H23NO. The first-order valence-corrected chi connectivity index (χ1v) is 6.82. The van der Waals surface area contributed by atoms with Crippen LogP contribution >= 0.6 is 0 Å². The van der Waals surface area contributed by atoms with E-state index in [0.29, 0.717) is 6.61 Å². The molecule has 0 aliphatic rings. The van der Waals surface area contributed by atoms with Gasteiger partial charge in [-0.15, -0.1) is 0 Å². The van der Waals surface area contributed by atoms with Crippen molar-refractivity contribution in [2.24, 2.45) is 5.41 Å². The van der Waals surface area contributed by atoms with Crippen LogP contribution in [0.25, 0.3) is 0 Å². The molecule has 0 radical (unpaired) electrons. The molecular weight excluding hydrogens is 222 g/mol. The number of nitriles is 1. The van der Waals surface area contributed by atoms with Crippen LogP contribution in [0.5, 0.6) is 5.75 Å². The molecule has 0 saturated carbocycles. The highest BCUT2D eigenvalue weighted by Crippen LogP contribution is 2.29. The fourth-order valence-corrected chi connectivity index (χ4v) is 2.04. The fourth-order valence-electron chi connectivity index (χ4n) is 2.04. The summed E-state index contributed by atoms with van der Waals surface area (Å²) in [5.74, 6) is 0.911. The largest absolute Gasteiger partial charge is 0.494 e. The van der Waals surface area contributed by atoms with E-state index in [1.54, 1.807) is 0 Å². The van der Waals surface area contributed by atoms with Gasteiger partial charge in [0.05, 0.1) is 18.1 Å². The first kappa shape index (κ1) is 14.6. The van der Waals surface area contributed by atoms with Gasteiger partial charge in [-0.25, -0.2) is 0 Å². The number of nitrogens with zero attached hydrogens (tertiary/aromatic N) is 1. The molecule has 0 heterocycles. The first-order chi connectivity index (χ1) is 8.69. The molecule has 1 aromatic rings. The Balaban J connectivity index is 2.53. The van der Waals surface area contributed by atoms with E-state index in [0.717, 1.165) is 31.4 Å². The monoisotopic (exact) mass is 245 g/mol. The van der Waals surface area contributed by atoms with Crippen molar-refractivity contribution in [3.8, 4) is 11.8 Å². The summed E-state index contributed by atoms with van der Waals surface area (Å²) < 4.78 is 5.76. The third-order valence-corrected chi connectivity index (χ3v) is 3.75. The minimum atomic E-state index is -0.220. The van der Waals surface area contributed by atoms with Gasteiger partial charge in [0, 0.05) is 6.42 Å². The highest BCUT2D eigenvalue weighted by atomic mass is 16.5. The summed E-state index contributed by atoms with van der Waals surface area (Å²) in [6.07, 6.45) is 3.59. The summed E-state index contributed by atoms with van der Waals surface area (Å²) in [5.41, 5.74) is 1.06. The SMILES string of the molecule is CCc1cccc(OCCC(C#N)(CC)CC)c1. The highest BCUT2D eigenvalue weighted by molar-refractivity contribution is 5.28. The number of rotatable bonds is 7. The van der Waals surface area contributed by atoms with Crippen LogP contribution < -0.4 is 4.74 Å². The van der Waals surface area contributed by atoms with E-state index in [1.807, 2.05) is 12.1 Å². The predicted octanol–water partition coefficient (Wildman–Crippen LogP) is 4.35. The number of hydrogen-bond acceptors (Lipinski definition) is 2. The lowest BCUT2D eigenvalue weighted by atomic mass is 9.81. The van der Waals surface area contributed by atoms with Crippen molar-refractivity contribution in [3.05, 3.63) is 29.8 Å². The molecule has 98 valence electrons. The molecule has 0 bridgehead atoms. The Bertz CT molecular complexity index is 402. The van der Waals surface area contributed by atoms with E-state index < -0.39 is 0 Å². The van der Waals surface area contributed by atoms with Crippen LogP contribution in [0.2, 0.25) is 0 Å². The van der Waals surface area contributed by atoms with E-state index in [1.165, 1.54) is 5.56 Å². The molecule has 0 unspecified atom stereocenters. The molecule has 0 aliphatic carbocycles. The summed E-state index contributed by atoms with van der Waals surface area (Å²) >= 11 is 0.